The third-order valence-corrected chi connectivity index (χ3v) is 3.94. The average molecular weight is 335 g/mol. The van der Waals surface area contributed by atoms with Gasteiger partial charge in [-0.3, -0.25) is 9.78 Å². The van der Waals surface area contributed by atoms with Crippen molar-refractivity contribution in [1.82, 2.24) is 15.0 Å². The van der Waals surface area contributed by atoms with Crippen LogP contribution in [0.25, 0.3) is 22.1 Å². The molecule has 0 spiro atoms. The lowest BCUT2D eigenvalue weighted by molar-refractivity contribution is 0.102. The minimum Gasteiger partial charge on any atom is -0.320 e. The smallest absolute Gasteiger partial charge is 0.257 e. The Hall–Kier alpha value is -3.05. The number of para-hydroxylation sites is 3. The van der Waals surface area contributed by atoms with E-state index < -0.39 is 0 Å². The number of aromatic nitrogens is 3. The lowest BCUT2D eigenvalue weighted by Gasteiger charge is -2.09. The fourth-order valence-electron chi connectivity index (χ4n) is 2.49. The minimum absolute atomic E-state index is 0.293. The molecule has 4 rings (SSSR count). The van der Waals surface area contributed by atoms with E-state index in [-0.39, 0.29) is 5.91 Å². The molecule has 0 saturated carbocycles. The average Bonchev–Trinajstić information content (AvgIpc) is 2.61. The molecule has 0 unspecified atom stereocenters. The van der Waals surface area contributed by atoms with Crippen molar-refractivity contribution < 1.29 is 4.79 Å². The zero-order chi connectivity index (χ0) is 16.5. The molecule has 0 fully saturated rings. The summed E-state index contributed by atoms with van der Waals surface area (Å²) in [5.74, 6) is -0.293. The summed E-state index contributed by atoms with van der Waals surface area (Å²) in [7, 11) is 0. The van der Waals surface area contributed by atoms with Crippen LogP contribution in [0.1, 0.15) is 10.4 Å². The molecule has 0 bridgehead atoms. The van der Waals surface area contributed by atoms with E-state index in [0.29, 0.717) is 27.3 Å². The van der Waals surface area contributed by atoms with Crippen LogP contribution in [0.2, 0.25) is 5.02 Å². The molecule has 2 heterocycles. The van der Waals surface area contributed by atoms with Gasteiger partial charge in [0.25, 0.3) is 5.91 Å². The number of hydrogen-bond acceptors (Lipinski definition) is 4. The highest BCUT2D eigenvalue weighted by Crippen LogP contribution is 2.23. The molecule has 116 valence electrons. The molecule has 0 atom stereocenters. The van der Waals surface area contributed by atoms with Crippen LogP contribution in [0.15, 0.2) is 60.9 Å². The molecule has 1 N–H and O–H groups in total. The standard InChI is InChI=1S/C18H11ClN4O/c19-12-10-20-9-8-13(12)23-18(24)11-4-3-7-16-17(11)22-15-6-2-1-5-14(15)21-16/h1-10H,(H,20,23,24). The van der Waals surface area contributed by atoms with Crippen LogP contribution in [0.4, 0.5) is 5.69 Å². The summed E-state index contributed by atoms with van der Waals surface area (Å²) in [4.78, 5) is 25.7. The molecule has 4 aromatic rings. The van der Waals surface area contributed by atoms with Gasteiger partial charge < -0.3 is 5.32 Å². The highest BCUT2D eigenvalue weighted by molar-refractivity contribution is 6.33. The Morgan fingerprint density at radius 2 is 1.67 bits per heavy atom. The second-order valence-corrected chi connectivity index (χ2v) is 5.60. The Morgan fingerprint density at radius 1 is 0.917 bits per heavy atom. The lowest BCUT2D eigenvalue weighted by Crippen LogP contribution is -2.13. The predicted molar refractivity (Wildman–Crippen MR) is 94.2 cm³/mol. The normalized spacial score (nSPS) is 10.9. The highest BCUT2D eigenvalue weighted by Gasteiger charge is 2.14. The molecule has 0 aliphatic rings. The number of rotatable bonds is 2. The second kappa shape index (κ2) is 5.86. The van der Waals surface area contributed by atoms with E-state index in [1.807, 2.05) is 30.3 Å². The first kappa shape index (κ1) is 14.5. The number of fused-ring (bicyclic) bond motifs is 2. The monoisotopic (exact) mass is 334 g/mol. The number of amides is 1. The Labute approximate surface area is 142 Å². The Bertz CT molecular complexity index is 1080. The molecule has 6 heteroatoms. The maximum atomic E-state index is 12.7. The zero-order valence-electron chi connectivity index (χ0n) is 12.4. The zero-order valence-corrected chi connectivity index (χ0v) is 13.2. The number of nitrogens with one attached hydrogen (secondary N) is 1. The van der Waals surface area contributed by atoms with Crippen LogP contribution in [-0.2, 0) is 0 Å². The third kappa shape index (κ3) is 2.55. The maximum Gasteiger partial charge on any atom is 0.257 e. The molecule has 1 amide bonds. The summed E-state index contributed by atoms with van der Waals surface area (Å²) >= 11 is 6.05. The summed E-state index contributed by atoms with van der Waals surface area (Å²) < 4.78 is 0. The van der Waals surface area contributed by atoms with E-state index in [4.69, 9.17) is 11.6 Å². The van der Waals surface area contributed by atoms with E-state index >= 15 is 0 Å². The first-order chi connectivity index (χ1) is 11.7. The quantitative estimate of drug-likeness (QED) is 0.561. The minimum atomic E-state index is -0.293. The van der Waals surface area contributed by atoms with Crippen LogP contribution < -0.4 is 5.32 Å². The van der Waals surface area contributed by atoms with E-state index in [0.717, 1.165) is 11.0 Å². The molecule has 2 aromatic heterocycles. The van der Waals surface area contributed by atoms with Gasteiger partial charge in [0.2, 0.25) is 0 Å². The van der Waals surface area contributed by atoms with Crippen LogP contribution >= 0.6 is 11.6 Å². The Kier molecular flexibility index (Phi) is 3.55. The van der Waals surface area contributed by atoms with Crippen molar-refractivity contribution in [1.29, 1.82) is 0 Å². The summed E-state index contributed by atoms with van der Waals surface area (Å²) in [5, 5.41) is 3.17. The molecule has 5 nitrogen and oxygen atoms in total. The number of benzene rings is 2. The number of carbonyl (C=O) groups is 1. The van der Waals surface area contributed by atoms with Gasteiger partial charge in [-0.1, -0.05) is 29.8 Å². The number of hydrogen-bond donors (Lipinski definition) is 1. The third-order valence-electron chi connectivity index (χ3n) is 3.63. The van der Waals surface area contributed by atoms with Crippen LogP contribution in [0, 0.1) is 0 Å². The van der Waals surface area contributed by atoms with Crippen molar-refractivity contribution in [2.24, 2.45) is 0 Å². The van der Waals surface area contributed by atoms with Crippen molar-refractivity contribution in [3.63, 3.8) is 0 Å². The molecule has 0 aliphatic heterocycles. The topological polar surface area (TPSA) is 67.8 Å². The van der Waals surface area contributed by atoms with Gasteiger partial charge in [-0.25, -0.2) is 9.97 Å². The lowest BCUT2D eigenvalue weighted by atomic mass is 10.1. The summed E-state index contributed by atoms with van der Waals surface area (Å²) in [6.45, 7) is 0. The highest BCUT2D eigenvalue weighted by atomic mass is 35.5. The summed E-state index contributed by atoms with van der Waals surface area (Å²) in [6, 6.07) is 14.6. The van der Waals surface area contributed by atoms with Crippen molar-refractivity contribution in [2.45, 2.75) is 0 Å². The summed E-state index contributed by atoms with van der Waals surface area (Å²) in [5.41, 5.74) is 3.70. The molecular formula is C18H11ClN4O. The van der Waals surface area contributed by atoms with Crippen molar-refractivity contribution in [2.75, 3.05) is 5.32 Å². The van der Waals surface area contributed by atoms with Gasteiger partial charge in [-0.2, -0.15) is 0 Å². The molecule has 0 aliphatic carbocycles. The first-order valence-electron chi connectivity index (χ1n) is 7.29. The van der Waals surface area contributed by atoms with Gasteiger partial charge >= 0.3 is 0 Å². The first-order valence-corrected chi connectivity index (χ1v) is 7.66. The maximum absolute atomic E-state index is 12.7. The largest absolute Gasteiger partial charge is 0.320 e. The SMILES string of the molecule is O=C(Nc1ccncc1Cl)c1cccc2nc3ccccc3nc12. The molecule has 0 radical (unpaired) electrons. The van der Waals surface area contributed by atoms with Crippen molar-refractivity contribution in [3.8, 4) is 0 Å². The van der Waals surface area contributed by atoms with Crippen LogP contribution in [0.3, 0.4) is 0 Å². The van der Waals surface area contributed by atoms with Gasteiger partial charge in [-0.05, 0) is 30.3 Å². The molecule has 2 aromatic carbocycles. The van der Waals surface area contributed by atoms with E-state index in [1.165, 1.54) is 6.20 Å². The van der Waals surface area contributed by atoms with Crippen LogP contribution in [0.5, 0.6) is 0 Å². The summed E-state index contributed by atoms with van der Waals surface area (Å²) in [6.07, 6.45) is 3.05. The van der Waals surface area contributed by atoms with Crippen molar-refractivity contribution >= 4 is 45.3 Å². The molecule has 0 saturated heterocycles. The Morgan fingerprint density at radius 3 is 2.46 bits per heavy atom. The fourth-order valence-corrected chi connectivity index (χ4v) is 2.66. The van der Waals surface area contributed by atoms with Crippen molar-refractivity contribution in [3.05, 3.63) is 71.5 Å². The van der Waals surface area contributed by atoms with E-state index in [2.05, 4.69) is 20.3 Å². The number of anilines is 1. The van der Waals surface area contributed by atoms with Crippen LogP contribution in [-0.4, -0.2) is 20.9 Å². The van der Waals surface area contributed by atoms with Gasteiger partial charge in [-0.15, -0.1) is 0 Å². The number of halogens is 1. The molecule has 24 heavy (non-hydrogen) atoms. The Balaban J connectivity index is 1.82. The fraction of sp³-hybridized carbons (Fsp3) is 0. The van der Waals surface area contributed by atoms with Gasteiger partial charge in [0.1, 0.15) is 5.52 Å². The van der Waals surface area contributed by atoms with Gasteiger partial charge in [0.15, 0.2) is 0 Å². The van der Waals surface area contributed by atoms with E-state index in [9.17, 15) is 4.79 Å². The number of carbonyl (C=O) groups excluding carboxylic acids is 1. The van der Waals surface area contributed by atoms with Gasteiger partial charge in [0.05, 0.1) is 32.8 Å². The van der Waals surface area contributed by atoms with Gasteiger partial charge in [0, 0.05) is 12.4 Å². The second-order valence-electron chi connectivity index (χ2n) is 5.20. The predicted octanol–water partition coefficient (Wildman–Crippen LogP) is 4.08. The number of pyridine rings is 1. The van der Waals surface area contributed by atoms with E-state index in [1.54, 1.807) is 24.4 Å². The number of nitrogens with zero attached hydrogens (tertiary/aromatic N) is 3. The molecular weight excluding hydrogens is 324 g/mol.